The molecule has 3 aromatic carbocycles. The van der Waals surface area contributed by atoms with Gasteiger partial charge in [0.2, 0.25) is 0 Å². The number of fused-ring (bicyclic) bond motifs is 1. The Morgan fingerprint density at radius 2 is 1.75 bits per heavy atom. The number of hydrogen-bond donors (Lipinski definition) is 1. The van der Waals surface area contributed by atoms with Crippen molar-refractivity contribution in [3.8, 4) is 10.6 Å². The van der Waals surface area contributed by atoms with Gasteiger partial charge in [-0.1, -0.05) is 12.1 Å². The maximum absolute atomic E-state index is 12.9. The van der Waals surface area contributed by atoms with Crippen molar-refractivity contribution in [1.29, 1.82) is 0 Å². The maximum atomic E-state index is 12.9. The van der Waals surface area contributed by atoms with Gasteiger partial charge >= 0.3 is 0 Å². The van der Waals surface area contributed by atoms with Crippen molar-refractivity contribution in [3.63, 3.8) is 0 Å². The largest absolute Gasteiger partial charge is 0.369 e. The number of nitrogens with zero attached hydrogens (tertiary/aromatic N) is 3. The highest BCUT2D eigenvalue weighted by molar-refractivity contribution is 7.21. The first-order chi connectivity index (χ1) is 15.5. The molecule has 0 unspecified atom stereocenters. The molecular weight excluding hydrogens is 416 g/mol. The van der Waals surface area contributed by atoms with Gasteiger partial charge in [0.1, 0.15) is 5.01 Å². The fraction of sp³-hybridized carbons (Fsp3) is 0.231. The molecule has 1 aliphatic rings. The zero-order valence-electron chi connectivity index (χ0n) is 18.3. The van der Waals surface area contributed by atoms with Crippen LogP contribution in [-0.4, -0.2) is 49.0 Å². The van der Waals surface area contributed by atoms with Crippen LogP contribution in [0.15, 0.2) is 66.7 Å². The van der Waals surface area contributed by atoms with Crippen LogP contribution in [-0.2, 0) is 0 Å². The molecule has 1 saturated heterocycles. The summed E-state index contributed by atoms with van der Waals surface area (Å²) in [5, 5.41) is 4.01. The minimum absolute atomic E-state index is 0.0933. The first-order valence-corrected chi connectivity index (χ1v) is 11.7. The molecule has 6 heteroatoms. The summed E-state index contributed by atoms with van der Waals surface area (Å²) in [4.78, 5) is 22.3. The Hall–Kier alpha value is -3.22. The Kier molecular flexibility index (Phi) is 5.64. The first kappa shape index (κ1) is 20.7. The van der Waals surface area contributed by atoms with Gasteiger partial charge in [0.15, 0.2) is 0 Å². The van der Waals surface area contributed by atoms with Crippen molar-refractivity contribution in [2.75, 3.05) is 43.4 Å². The van der Waals surface area contributed by atoms with E-state index < -0.39 is 0 Å². The van der Waals surface area contributed by atoms with E-state index in [1.54, 1.807) is 11.3 Å². The highest BCUT2D eigenvalue weighted by atomic mass is 32.1. The number of likely N-dealkylation sites (N-methyl/N-ethyl adjacent to an activating group) is 1. The molecular formula is C26H26N4OS. The molecule has 0 atom stereocenters. The lowest BCUT2D eigenvalue weighted by molar-refractivity contribution is 0.102. The van der Waals surface area contributed by atoms with E-state index >= 15 is 0 Å². The molecule has 0 spiro atoms. The molecule has 0 aliphatic carbocycles. The molecule has 0 radical (unpaired) electrons. The number of piperazine rings is 1. The van der Waals surface area contributed by atoms with Gasteiger partial charge in [0, 0.05) is 48.7 Å². The lowest BCUT2D eigenvalue weighted by Crippen LogP contribution is -2.44. The molecule has 5 nitrogen and oxygen atoms in total. The quantitative estimate of drug-likeness (QED) is 0.467. The lowest BCUT2D eigenvalue weighted by atomic mass is 10.1. The molecule has 1 amide bonds. The van der Waals surface area contributed by atoms with Gasteiger partial charge in [-0.2, -0.15) is 0 Å². The topological polar surface area (TPSA) is 48.5 Å². The molecule has 5 rings (SSSR count). The minimum Gasteiger partial charge on any atom is -0.369 e. The molecule has 1 aromatic heterocycles. The van der Waals surface area contributed by atoms with Crippen molar-refractivity contribution >= 4 is 38.8 Å². The number of benzene rings is 3. The van der Waals surface area contributed by atoms with Crippen molar-refractivity contribution in [2.24, 2.45) is 0 Å². The Labute approximate surface area is 192 Å². The van der Waals surface area contributed by atoms with E-state index in [1.807, 2.05) is 42.5 Å². The van der Waals surface area contributed by atoms with E-state index in [4.69, 9.17) is 4.98 Å². The molecule has 0 saturated carbocycles. The summed E-state index contributed by atoms with van der Waals surface area (Å²) in [6, 6.07) is 22.1. The van der Waals surface area contributed by atoms with E-state index in [-0.39, 0.29) is 5.91 Å². The second-order valence-electron chi connectivity index (χ2n) is 8.36. The van der Waals surface area contributed by atoms with Crippen molar-refractivity contribution in [3.05, 3.63) is 77.9 Å². The van der Waals surface area contributed by atoms with Crippen LogP contribution in [0.5, 0.6) is 0 Å². The third-order valence-corrected chi connectivity index (χ3v) is 6.98. The minimum atomic E-state index is -0.0933. The Bertz CT molecular complexity index is 1260. The third kappa shape index (κ3) is 4.38. The number of thiazole rings is 1. The van der Waals surface area contributed by atoms with Crippen LogP contribution in [0.4, 0.5) is 11.4 Å². The van der Waals surface area contributed by atoms with Gasteiger partial charge in [-0.25, -0.2) is 4.98 Å². The predicted octanol–water partition coefficient (Wildman–Crippen LogP) is 5.28. The maximum Gasteiger partial charge on any atom is 0.255 e. The summed E-state index contributed by atoms with van der Waals surface area (Å²) in [5.41, 5.74) is 5.87. The summed E-state index contributed by atoms with van der Waals surface area (Å²) >= 11 is 1.69. The molecule has 4 aromatic rings. The number of amides is 1. The fourth-order valence-electron chi connectivity index (χ4n) is 3.96. The molecule has 32 heavy (non-hydrogen) atoms. The highest BCUT2D eigenvalue weighted by Crippen LogP contribution is 2.31. The van der Waals surface area contributed by atoms with Gasteiger partial charge in [0.05, 0.1) is 10.2 Å². The Balaban J connectivity index is 1.29. The third-order valence-electron chi connectivity index (χ3n) is 5.91. The van der Waals surface area contributed by atoms with Crippen LogP contribution >= 0.6 is 11.3 Å². The lowest BCUT2D eigenvalue weighted by Gasteiger charge is -2.34. The normalized spacial score (nSPS) is 14.6. The number of carbonyl (C=O) groups excluding carboxylic acids is 1. The molecule has 1 N–H and O–H groups in total. The zero-order valence-corrected chi connectivity index (χ0v) is 19.2. The number of carbonyl (C=O) groups is 1. The average molecular weight is 443 g/mol. The molecule has 0 bridgehead atoms. The second-order valence-corrected chi connectivity index (χ2v) is 9.39. The summed E-state index contributed by atoms with van der Waals surface area (Å²) in [5.74, 6) is -0.0933. The van der Waals surface area contributed by atoms with Crippen LogP contribution in [0, 0.1) is 6.92 Å². The summed E-state index contributed by atoms with van der Waals surface area (Å²) in [6.07, 6.45) is 0. The fourth-order valence-corrected chi connectivity index (χ4v) is 5.03. The number of nitrogens with one attached hydrogen (secondary N) is 1. The summed E-state index contributed by atoms with van der Waals surface area (Å²) in [7, 11) is 2.14. The van der Waals surface area contributed by atoms with Gasteiger partial charge in [-0.05, 0) is 74.1 Å². The molecule has 1 fully saturated rings. The van der Waals surface area contributed by atoms with E-state index in [9.17, 15) is 4.79 Å². The zero-order chi connectivity index (χ0) is 22.1. The molecule has 1 aliphatic heterocycles. The van der Waals surface area contributed by atoms with Crippen LogP contribution in [0.25, 0.3) is 20.8 Å². The summed E-state index contributed by atoms with van der Waals surface area (Å²) < 4.78 is 1.19. The Morgan fingerprint density at radius 1 is 0.969 bits per heavy atom. The van der Waals surface area contributed by atoms with E-state index in [1.165, 1.54) is 10.3 Å². The van der Waals surface area contributed by atoms with E-state index in [2.05, 4.69) is 53.4 Å². The average Bonchev–Trinajstić information content (AvgIpc) is 3.23. The van der Waals surface area contributed by atoms with Crippen LogP contribution in [0.1, 0.15) is 15.9 Å². The molecule has 2 heterocycles. The SMILES string of the molecule is Cc1ccc2nc(-c3ccc(NC(=O)c4cccc(N5CCN(C)CC5)c4)cc3)sc2c1. The van der Waals surface area contributed by atoms with Gasteiger partial charge in [-0.3, -0.25) is 4.79 Å². The number of rotatable bonds is 4. The van der Waals surface area contributed by atoms with Crippen LogP contribution in [0.2, 0.25) is 0 Å². The number of hydrogen-bond acceptors (Lipinski definition) is 5. The van der Waals surface area contributed by atoms with E-state index in [0.717, 1.165) is 53.6 Å². The van der Waals surface area contributed by atoms with Crippen LogP contribution < -0.4 is 10.2 Å². The number of aromatic nitrogens is 1. The van der Waals surface area contributed by atoms with Gasteiger partial charge in [-0.15, -0.1) is 11.3 Å². The standard InChI is InChI=1S/C26H26N4OS/c1-18-6-11-23-24(16-18)32-26(28-23)19-7-9-21(10-8-19)27-25(31)20-4-3-5-22(17-20)30-14-12-29(2)13-15-30/h3-11,16-17H,12-15H2,1-2H3,(H,27,31). The first-order valence-electron chi connectivity index (χ1n) is 10.9. The van der Waals surface area contributed by atoms with E-state index in [0.29, 0.717) is 5.56 Å². The smallest absolute Gasteiger partial charge is 0.255 e. The van der Waals surface area contributed by atoms with Crippen molar-refractivity contribution in [2.45, 2.75) is 6.92 Å². The number of aryl methyl sites for hydroxylation is 1. The highest BCUT2D eigenvalue weighted by Gasteiger charge is 2.16. The van der Waals surface area contributed by atoms with Crippen molar-refractivity contribution < 1.29 is 4.79 Å². The molecule has 162 valence electrons. The number of anilines is 2. The van der Waals surface area contributed by atoms with Crippen molar-refractivity contribution in [1.82, 2.24) is 9.88 Å². The monoisotopic (exact) mass is 442 g/mol. The van der Waals surface area contributed by atoms with Gasteiger partial charge < -0.3 is 15.1 Å². The Morgan fingerprint density at radius 3 is 2.53 bits per heavy atom. The predicted molar refractivity (Wildman–Crippen MR) is 134 cm³/mol. The van der Waals surface area contributed by atoms with Gasteiger partial charge in [0.25, 0.3) is 5.91 Å². The summed E-state index contributed by atoms with van der Waals surface area (Å²) in [6.45, 7) is 6.13. The van der Waals surface area contributed by atoms with Crippen LogP contribution in [0.3, 0.4) is 0 Å². The second kappa shape index (κ2) is 8.73.